The molecule has 0 spiro atoms. The molecular weight excluding hydrogens is 390 g/mol. The van der Waals surface area contributed by atoms with Gasteiger partial charge in [-0.1, -0.05) is 60.7 Å². The molecule has 6 nitrogen and oxygen atoms in total. The summed E-state index contributed by atoms with van der Waals surface area (Å²) in [6.45, 7) is 2.39. The van der Waals surface area contributed by atoms with Gasteiger partial charge in [0.05, 0.1) is 10.9 Å². The van der Waals surface area contributed by atoms with Crippen molar-refractivity contribution < 1.29 is 9.53 Å². The number of fused-ring (bicyclic) bond motifs is 1. The van der Waals surface area contributed by atoms with Crippen molar-refractivity contribution in [3.63, 3.8) is 0 Å². The lowest BCUT2D eigenvalue weighted by molar-refractivity contribution is -0.121. The van der Waals surface area contributed by atoms with Gasteiger partial charge in [0.25, 0.3) is 5.56 Å². The summed E-state index contributed by atoms with van der Waals surface area (Å²) in [5.41, 5.74) is 2.35. The van der Waals surface area contributed by atoms with Crippen molar-refractivity contribution in [3.05, 3.63) is 106 Å². The van der Waals surface area contributed by atoms with Crippen LogP contribution in [-0.2, 0) is 24.5 Å². The van der Waals surface area contributed by atoms with Crippen LogP contribution in [-0.4, -0.2) is 15.5 Å². The van der Waals surface area contributed by atoms with Gasteiger partial charge in [-0.25, -0.2) is 4.98 Å². The lowest BCUT2D eigenvalue weighted by atomic mass is 10.2. The first kappa shape index (κ1) is 20.3. The molecule has 3 aromatic carbocycles. The molecule has 1 N–H and O–H groups in total. The van der Waals surface area contributed by atoms with Crippen molar-refractivity contribution in [1.82, 2.24) is 14.9 Å². The third kappa shape index (κ3) is 4.80. The number of ether oxygens (including phenoxy) is 1. The largest absolute Gasteiger partial charge is 0.489 e. The Kier molecular flexibility index (Phi) is 6.08. The number of rotatable bonds is 7. The number of hydrogen-bond donors (Lipinski definition) is 1. The molecule has 0 fully saturated rings. The summed E-state index contributed by atoms with van der Waals surface area (Å²) in [7, 11) is 0. The molecule has 4 rings (SSSR count). The summed E-state index contributed by atoms with van der Waals surface area (Å²) in [4.78, 5) is 29.8. The Labute approximate surface area is 180 Å². The van der Waals surface area contributed by atoms with Crippen molar-refractivity contribution in [1.29, 1.82) is 0 Å². The molecule has 6 heteroatoms. The van der Waals surface area contributed by atoms with Crippen molar-refractivity contribution in [2.24, 2.45) is 0 Å². The zero-order valence-corrected chi connectivity index (χ0v) is 17.2. The van der Waals surface area contributed by atoms with Crippen molar-refractivity contribution in [3.8, 4) is 5.75 Å². The number of aromatic nitrogens is 2. The molecule has 31 heavy (non-hydrogen) atoms. The highest BCUT2D eigenvalue weighted by atomic mass is 16.5. The molecule has 4 aromatic rings. The number of carbonyl (C=O) groups excluding carboxylic acids is 1. The smallest absolute Gasteiger partial charge is 0.261 e. The number of benzene rings is 3. The monoisotopic (exact) mass is 413 g/mol. The average molecular weight is 413 g/mol. The number of hydrogen-bond acceptors (Lipinski definition) is 4. The van der Waals surface area contributed by atoms with Crippen LogP contribution in [0, 0.1) is 6.92 Å². The van der Waals surface area contributed by atoms with E-state index in [1.165, 1.54) is 4.57 Å². The Morgan fingerprint density at radius 3 is 2.52 bits per heavy atom. The van der Waals surface area contributed by atoms with Gasteiger partial charge >= 0.3 is 0 Å². The zero-order chi connectivity index (χ0) is 21.6. The molecule has 0 aliphatic rings. The van der Waals surface area contributed by atoms with Crippen LogP contribution in [0.5, 0.6) is 5.75 Å². The first-order valence-electron chi connectivity index (χ1n) is 10.1. The molecule has 0 saturated heterocycles. The standard InChI is InChI=1S/C25H23N3O3/c1-18-27-22-13-7-6-12-21(22)25(30)28(18)16-24(29)26-15-20-11-5-8-14-23(20)31-17-19-9-3-2-4-10-19/h2-14H,15-17H2,1H3,(H,26,29). The van der Waals surface area contributed by atoms with Crippen LogP contribution in [0.1, 0.15) is 17.0 Å². The summed E-state index contributed by atoms with van der Waals surface area (Å²) >= 11 is 0. The number of para-hydroxylation sites is 2. The second-order valence-corrected chi connectivity index (χ2v) is 7.23. The summed E-state index contributed by atoms with van der Waals surface area (Å²) in [6.07, 6.45) is 0. The molecule has 0 aliphatic heterocycles. The van der Waals surface area contributed by atoms with Gasteiger partial charge in [-0.15, -0.1) is 0 Å². The van der Waals surface area contributed by atoms with E-state index in [0.29, 0.717) is 35.6 Å². The molecule has 156 valence electrons. The van der Waals surface area contributed by atoms with E-state index >= 15 is 0 Å². The highest BCUT2D eigenvalue weighted by Crippen LogP contribution is 2.19. The Hall–Kier alpha value is -3.93. The summed E-state index contributed by atoms with van der Waals surface area (Å²) < 4.78 is 7.34. The van der Waals surface area contributed by atoms with E-state index in [-0.39, 0.29) is 18.0 Å². The van der Waals surface area contributed by atoms with Crippen LogP contribution in [0.15, 0.2) is 83.7 Å². The molecule has 0 aliphatic carbocycles. The van der Waals surface area contributed by atoms with Crippen LogP contribution < -0.4 is 15.6 Å². The quantitative estimate of drug-likeness (QED) is 0.502. The number of nitrogens with one attached hydrogen (secondary N) is 1. The van der Waals surface area contributed by atoms with Gasteiger partial charge in [0.2, 0.25) is 5.91 Å². The number of nitrogens with zero attached hydrogens (tertiary/aromatic N) is 2. The molecule has 1 heterocycles. The second-order valence-electron chi connectivity index (χ2n) is 7.23. The maximum atomic E-state index is 12.8. The van der Waals surface area contributed by atoms with E-state index < -0.39 is 0 Å². The van der Waals surface area contributed by atoms with Crippen molar-refractivity contribution in [2.75, 3.05) is 0 Å². The van der Waals surface area contributed by atoms with Gasteiger partial charge in [-0.2, -0.15) is 0 Å². The Morgan fingerprint density at radius 2 is 1.68 bits per heavy atom. The highest BCUT2D eigenvalue weighted by Gasteiger charge is 2.12. The van der Waals surface area contributed by atoms with Crippen LogP contribution in [0.2, 0.25) is 0 Å². The number of aryl methyl sites for hydroxylation is 1. The van der Waals surface area contributed by atoms with Gasteiger partial charge in [-0.3, -0.25) is 14.2 Å². The van der Waals surface area contributed by atoms with E-state index in [2.05, 4.69) is 10.3 Å². The minimum Gasteiger partial charge on any atom is -0.489 e. The predicted octanol–water partition coefficient (Wildman–Crippen LogP) is 3.60. The van der Waals surface area contributed by atoms with Crippen LogP contribution in [0.3, 0.4) is 0 Å². The van der Waals surface area contributed by atoms with Crippen molar-refractivity contribution >= 4 is 16.8 Å². The lowest BCUT2D eigenvalue weighted by Crippen LogP contribution is -2.33. The minimum absolute atomic E-state index is 0.0878. The van der Waals surface area contributed by atoms with E-state index in [1.807, 2.05) is 60.7 Å². The third-order valence-corrected chi connectivity index (χ3v) is 5.04. The van der Waals surface area contributed by atoms with Crippen LogP contribution >= 0.6 is 0 Å². The average Bonchev–Trinajstić information content (AvgIpc) is 2.80. The fourth-order valence-corrected chi connectivity index (χ4v) is 3.38. The van der Waals surface area contributed by atoms with Crippen LogP contribution in [0.4, 0.5) is 0 Å². The SMILES string of the molecule is Cc1nc2ccccc2c(=O)n1CC(=O)NCc1ccccc1OCc1ccccc1. The number of amides is 1. The fraction of sp³-hybridized carbons (Fsp3) is 0.160. The predicted molar refractivity (Wildman–Crippen MR) is 120 cm³/mol. The summed E-state index contributed by atoms with van der Waals surface area (Å²) in [5, 5.41) is 3.38. The Morgan fingerprint density at radius 1 is 0.968 bits per heavy atom. The Balaban J connectivity index is 1.43. The first-order valence-corrected chi connectivity index (χ1v) is 10.1. The van der Waals surface area contributed by atoms with Gasteiger partial charge < -0.3 is 10.1 Å². The molecule has 0 saturated carbocycles. The molecule has 1 amide bonds. The molecule has 1 aromatic heterocycles. The highest BCUT2D eigenvalue weighted by molar-refractivity contribution is 5.79. The molecular formula is C25H23N3O3. The molecule has 0 bridgehead atoms. The lowest BCUT2D eigenvalue weighted by Gasteiger charge is -2.14. The summed E-state index contributed by atoms with van der Waals surface area (Å²) in [6, 6.07) is 24.6. The van der Waals surface area contributed by atoms with Gasteiger partial charge in [0.1, 0.15) is 24.7 Å². The summed E-state index contributed by atoms with van der Waals surface area (Å²) in [5.74, 6) is 0.956. The van der Waals surface area contributed by atoms with Crippen molar-refractivity contribution in [2.45, 2.75) is 26.6 Å². The maximum Gasteiger partial charge on any atom is 0.261 e. The van der Waals surface area contributed by atoms with E-state index in [1.54, 1.807) is 25.1 Å². The van der Waals surface area contributed by atoms with Gasteiger partial charge in [0.15, 0.2) is 0 Å². The Bertz CT molecular complexity index is 1270. The fourth-order valence-electron chi connectivity index (χ4n) is 3.38. The van der Waals surface area contributed by atoms with Gasteiger partial charge in [-0.05, 0) is 30.7 Å². The normalized spacial score (nSPS) is 10.7. The van der Waals surface area contributed by atoms with E-state index in [0.717, 1.165) is 11.1 Å². The second kappa shape index (κ2) is 9.26. The minimum atomic E-state index is -0.264. The van der Waals surface area contributed by atoms with Crippen LogP contribution in [0.25, 0.3) is 10.9 Å². The third-order valence-electron chi connectivity index (χ3n) is 5.04. The molecule has 0 atom stereocenters. The molecule has 0 radical (unpaired) electrons. The molecule has 0 unspecified atom stereocenters. The van der Waals surface area contributed by atoms with Gasteiger partial charge in [0, 0.05) is 12.1 Å². The van der Waals surface area contributed by atoms with E-state index in [9.17, 15) is 9.59 Å². The topological polar surface area (TPSA) is 73.2 Å². The van der Waals surface area contributed by atoms with E-state index in [4.69, 9.17) is 4.74 Å². The number of carbonyl (C=O) groups is 1. The zero-order valence-electron chi connectivity index (χ0n) is 17.2. The first-order chi connectivity index (χ1) is 15.1. The maximum absolute atomic E-state index is 12.8.